The molecular formula is C13H11N3O. The Morgan fingerprint density at radius 1 is 1.18 bits per heavy atom. The van der Waals surface area contributed by atoms with E-state index in [0.717, 1.165) is 22.2 Å². The van der Waals surface area contributed by atoms with Crippen molar-refractivity contribution in [2.45, 2.75) is 6.92 Å². The summed E-state index contributed by atoms with van der Waals surface area (Å²) in [6.07, 6.45) is 3.43. The minimum Gasteiger partial charge on any atom is -0.436 e. The lowest BCUT2D eigenvalue weighted by molar-refractivity contribution is 0.617. The smallest absolute Gasteiger partial charge is 0.227 e. The third kappa shape index (κ3) is 1.63. The molecule has 0 saturated carbocycles. The van der Waals surface area contributed by atoms with Crippen LogP contribution in [0.4, 0.5) is 5.69 Å². The number of rotatable bonds is 1. The van der Waals surface area contributed by atoms with E-state index < -0.39 is 0 Å². The van der Waals surface area contributed by atoms with Crippen molar-refractivity contribution in [2.24, 2.45) is 0 Å². The Morgan fingerprint density at radius 3 is 2.71 bits per heavy atom. The monoisotopic (exact) mass is 225 g/mol. The molecule has 0 fully saturated rings. The van der Waals surface area contributed by atoms with Gasteiger partial charge in [-0.2, -0.15) is 0 Å². The van der Waals surface area contributed by atoms with Crippen LogP contribution >= 0.6 is 0 Å². The lowest BCUT2D eigenvalue weighted by atomic mass is 10.2. The van der Waals surface area contributed by atoms with Gasteiger partial charge >= 0.3 is 0 Å². The molecule has 0 saturated heterocycles. The molecule has 1 aromatic carbocycles. The summed E-state index contributed by atoms with van der Waals surface area (Å²) in [5.74, 6) is 0.594. The van der Waals surface area contributed by atoms with Crippen LogP contribution in [-0.4, -0.2) is 9.97 Å². The molecule has 2 heterocycles. The Labute approximate surface area is 98.1 Å². The first-order valence-corrected chi connectivity index (χ1v) is 5.31. The lowest BCUT2D eigenvalue weighted by Gasteiger charge is -1.95. The van der Waals surface area contributed by atoms with E-state index in [9.17, 15) is 0 Å². The summed E-state index contributed by atoms with van der Waals surface area (Å²) < 4.78 is 5.75. The van der Waals surface area contributed by atoms with E-state index in [4.69, 9.17) is 10.2 Å². The number of nitrogens with zero attached hydrogens (tertiary/aromatic N) is 2. The fourth-order valence-corrected chi connectivity index (χ4v) is 1.85. The van der Waals surface area contributed by atoms with Gasteiger partial charge in [-0.3, -0.25) is 4.98 Å². The number of pyridine rings is 1. The van der Waals surface area contributed by atoms with Crippen LogP contribution < -0.4 is 5.73 Å². The molecule has 0 unspecified atom stereocenters. The molecule has 17 heavy (non-hydrogen) atoms. The molecule has 3 rings (SSSR count). The Bertz CT molecular complexity index is 674. The van der Waals surface area contributed by atoms with Gasteiger partial charge in [-0.25, -0.2) is 4.98 Å². The minimum absolute atomic E-state index is 0.594. The van der Waals surface area contributed by atoms with Gasteiger partial charge in [0, 0.05) is 23.6 Å². The lowest BCUT2D eigenvalue weighted by Crippen LogP contribution is -1.85. The molecule has 2 aromatic heterocycles. The number of aromatic nitrogens is 2. The van der Waals surface area contributed by atoms with Crippen LogP contribution in [0.2, 0.25) is 0 Å². The fourth-order valence-electron chi connectivity index (χ4n) is 1.85. The topological polar surface area (TPSA) is 64.9 Å². The first-order valence-electron chi connectivity index (χ1n) is 5.31. The molecule has 0 radical (unpaired) electrons. The Balaban J connectivity index is 2.24. The quantitative estimate of drug-likeness (QED) is 0.647. The van der Waals surface area contributed by atoms with Gasteiger partial charge in [-0.1, -0.05) is 0 Å². The molecule has 4 nitrogen and oxygen atoms in total. The van der Waals surface area contributed by atoms with Crippen molar-refractivity contribution in [3.8, 4) is 11.5 Å². The summed E-state index contributed by atoms with van der Waals surface area (Å²) >= 11 is 0. The standard InChI is InChI=1S/C13H11N3O/c1-8-6-10(14)7-11-12(8)17-13(16-11)9-2-4-15-5-3-9/h2-7H,14H2,1H3. The van der Waals surface area contributed by atoms with Crippen molar-refractivity contribution < 1.29 is 4.42 Å². The highest BCUT2D eigenvalue weighted by atomic mass is 16.3. The first-order chi connectivity index (χ1) is 8.24. The molecule has 84 valence electrons. The number of nitrogens with two attached hydrogens (primary N) is 1. The van der Waals surface area contributed by atoms with Crippen LogP contribution in [0.1, 0.15) is 5.56 Å². The van der Waals surface area contributed by atoms with Crippen molar-refractivity contribution in [1.29, 1.82) is 0 Å². The molecule has 2 N–H and O–H groups in total. The van der Waals surface area contributed by atoms with Crippen molar-refractivity contribution >= 4 is 16.8 Å². The summed E-state index contributed by atoms with van der Waals surface area (Å²) in [5, 5.41) is 0. The van der Waals surface area contributed by atoms with Gasteiger partial charge in [0.05, 0.1) is 0 Å². The number of benzene rings is 1. The molecule has 0 bridgehead atoms. The molecule has 0 spiro atoms. The summed E-state index contributed by atoms with van der Waals surface area (Å²) in [5.41, 5.74) is 9.95. The summed E-state index contributed by atoms with van der Waals surface area (Å²) in [4.78, 5) is 8.40. The van der Waals surface area contributed by atoms with E-state index >= 15 is 0 Å². The maximum absolute atomic E-state index is 5.78. The average Bonchev–Trinajstić information content (AvgIpc) is 2.74. The third-order valence-corrected chi connectivity index (χ3v) is 2.63. The number of hydrogen-bond acceptors (Lipinski definition) is 4. The summed E-state index contributed by atoms with van der Waals surface area (Å²) in [6.45, 7) is 1.96. The van der Waals surface area contributed by atoms with Gasteiger partial charge in [0.2, 0.25) is 5.89 Å². The SMILES string of the molecule is Cc1cc(N)cc2nc(-c3ccncc3)oc12. The molecular weight excluding hydrogens is 214 g/mol. The Hall–Kier alpha value is -2.36. The zero-order valence-corrected chi connectivity index (χ0v) is 9.34. The number of nitrogen functional groups attached to an aromatic ring is 1. The Kier molecular flexibility index (Phi) is 2.08. The van der Waals surface area contributed by atoms with E-state index in [1.165, 1.54) is 0 Å². The largest absolute Gasteiger partial charge is 0.436 e. The molecule has 3 aromatic rings. The van der Waals surface area contributed by atoms with Crippen LogP contribution in [0.3, 0.4) is 0 Å². The van der Waals surface area contributed by atoms with Gasteiger partial charge in [-0.15, -0.1) is 0 Å². The van der Waals surface area contributed by atoms with Crippen LogP contribution in [-0.2, 0) is 0 Å². The third-order valence-electron chi connectivity index (χ3n) is 2.63. The molecule has 0 atom stereocenters. The van der Waals surface area contributed by atoms with Crippen molar-refractivity contribution in [2.75, 3.05) is 5.73 Å². The predicted molar refractivity (Wildman–Crippen MR) is 66.4 cm³/mol. The molecule has 4 heteroatoms. The van der Waals surface area contributed by atoms with Crippen molar-refractivity contribution in [3.63, 3.8) is 0 Å². The Morgan fingerprint density at radius 2 is 1.94 bits per heavy atom. The second kappa shape index (κ2) is 3.59. The highest BCUT2D eigenvalue weighted by Gasteiger charge is 2.10. The van der Waals surface area contributed by atoms with Crippen LogP contribution in [0.15, 0.2) is 41.1 Å². The van der Waals surface area contributed by atoms with Gasteiger partial charge in [0.1, 0.15) is 5.52 Å². The summed E-state index contributed by atoms with van der Waals surface area (Å²) in [7, 11) is 0. The van der Waals surface area contributed by atoms with E-state index in [1.54, 1.807) is 12.4 Å². The number of hydrogen-bond donors (Lipinski definition) is 1. The summed E-state index contributed by atoms with van der Waals surface area (Å²) in [6, 6.07) is 7.42. The predicted octanol–water partition coefficient (Wildman–Crippen LogP) is 2.78. The number of fused-ring (bicyclic) bond motifs is 1. The van der Waals surface area contributed by atoms with Crippen molar-refractivity contribution in [1.82, 2.24) is 9.97 Å². The zero-order chi connectivity index (χ0) is 11.8. The van der Waals surface area contributed by atoms with Gasteiger partial charge in [0.15, 0.2) is 5.58 Å². The highest BCUT2D eigenvalue weighted by molar-refractivity contribution is 5.82. The number of oxazole rings is 1. The maximum Gasteiger partial charge on any atom is 0.227 e. The molecule has 0 aliphatic carbocycles. The second-order valence-electron chi connectivity index (χ2n) is 3.94. The zero-order valence-electron chi connectivity index (χ0n) is 9.34. The van der Waals surface area contributed by atoms with Crippen molar-refractivity contribution in [3.05, 3.63) is 42.2 Å². The van der Waals surface area contributed by atoms with Gasteiger partial charge in [0.25, 0.3) is 0 Å². The highest BCUT2D eigenvalue weighted by Crippen LogP contribution is 2.27. The van der Waals surface area contributed by atoms with Gasteiger partial charge < -0.3 is 10.2 Å². The van der Waals surface area contributed by atoms with E-state index in [0.29, 0.717) is 11.6 Å². The maximum atomic E-state index is 5.78. The molecule has 0 aliphatic heterocycles. The first kappa shape index (κ1) is 9.84. The average molecular weight is 225 g/mol. The second-order valence-corrected chi connectivity index (χ2v) is 3.94. The van der Waals surface area contributed by atoms with Crippen LogP contribution in [0.5, 0.6) is 0 Å². The number of aryl methyl sites for hydroxylation is 1. The fraction of sp³-hybridized carbons (Fsp3) is 0.0769. The van der Waals surface area contributed by atoms with E-state index in [2.05, 4.69) is 9.97 Å². The number of anilines is 1. The van der Waals surface area contributed by atoms with E-state index in [-0.39, 0.29) is 0 Å². The normalized spacial score (nSPS) is 10.9. The van der Waals surface area contributed by atoms with E-state index in [1.807, 2.05) is 31.2 Å². The van der Waals surface area contributed by atoms with Crippen LogP contribution in [0, 0.1) is 6.92 Å². The molecule has 0 aliphatic rings. The molecule has 0 amide bonds. The minimum atomic E-state index is 0.594. The van der Waals surface area contributed by atoms with Crippen LogP contribution in [0.25, 0.3) is 22.6 Å². The van der Waals surface area contributed by atoms with Gasteiger partial charge in [-0.05, 0) is 36.8 Å².